The first-order valence-electron chi connectivity index (χ1n) is 6.73. The fourth-order valence-corrected chi connectivity index (χ4v) is 2.26. The molecule has 2 aromatic rings. The van der Waals surface area contributed by atoms with Gasteiger partial charge in [0.15, 0.2) is 0 Å². The molecule has 0 unspecified atom stereocenters. The highest BCUT2D eigenvalue weighted by Crippen LogP contribution is 2.21. The number of hydrogen-bond donors (Lipinski definition) is 0. The maximum absolute atomic E-state index is 2.39. The molecular weight excluding hydrogens is 204 g/mol. The number of hydrogen-bond acceptors (Lipinski definition) is 0. The molecule has 89 valence electrons. The van der Waals surface area contributed by atoms with Crippen LogP contribution in [0.1, 0.15) is 44.6 Å². The van der Waals surface area contributed by atoms with E-state index in [1.165, 1.54) is 48.4 Å². The average molecular weight is 225 g/mol. The van der Waals surface area contributed by atoms with E-state index in [0.717, 1.165) is 0 Å². The highest BCUT2D eigenvalue weighted by Gasteiger charge is 2.00. The van der Waals surface area contributed by atoms with Crippen LogP contribution >= 0.6 is 0 Å². The standard InChI is InChI=1S/C17H21/c1-2-3-4-5-6-10-15-12-9-13-16-11-7-8-14-17(15)16/h7-14H,2-6H2,1H3. The van der Waals surface area contributed by atoms with Crippen molar-refractivity contribution in [3.63, 3.8) is 0 Å². The molecule has 17 heavy (non-hydrogen) atoms. The molecule has 0 N–H and O–H groups in total. The molecule has 0 saturated heterocycles. The maximum Gasteiger partial charge on any atom is -0.00867 e. The van der Waals surface area contributed by atoms with E-state index in [9.17, 15) is 0 Å². The first kappa shape index (κ1) is 12.2. The Kier molecular flexibility index (Phi) is 4.61. The predicted molar refractivity (Wildman–Crippen MR) is 76.1 cm³/mol. The SMILES string of the molecule is CCCCCC[CH]c1cccc2ccccc12. The van der Waals surface area contributed by atoms with Crippen molar-refractivity contribution in [1.29, 1.82) is 0 Å². The first-order chi connectivity index (χ1) is 8.42. The average Bonchev–Trinajstić information content (AvgIpc) is 2.39. The van der Waals surface area contributed by atoms with Gasteiger partial charge in [-0.25, -0.2) is 0 Å². The Bertz CT molecular complexity index is 451. The van der Waals surface area contributed by atoms with Crippen molar-refractivity contribution in [1.82, 2.24) is 0 Å². The van der Waals surface area contributed by atoms with Gasteiger partial charge in [-0.2, -0.15) is 0 Å². The number of fused-ring (bicyclic) bond motifs is 1. The molecule has 0 aliphatic carbocycles. The predicted octanol–water partition coefficient (Wildman–Crippen LogP) is 5.36. The summed E-state index contributed by atoms with van der Waals surface area (Å²) in [4.78, 5) is 0. The zero-order valence-electron chi connectivity index (χ0n) is 10.7. The van der Waals surface area contributed by atoms with Gasteiger partial charge in [0, 0.05) is 0 Å². The van der Waals surface area contributed by atoms with Crippen molar-refractivity contribution in [3.8, 4) is 0 Å². The van der Waals surface area contributed by atoms with Crippen molar-refractivity contribution in [2.24, 2.45) is 0 Å². The molecule has 0 amide bonds. The third kappa shape index (κ3) is 3.33. The topological polar surface area (TPSA) is 0 Å². The minimum Gasteiger partial charge on any atom is -0.0654 e. The molecule has 2 rings (SSSR count). The molecule has 0 fully saturated rings. The van der Waals surface area contributed by atoms with E-state index in [1.807, 2.05) is 0 Å². The van der Waals surface area contributed by atoms with Crippen molar-refractivity contribution >= 4 is 10.8 Å². The fraction of sp³-hybridized carbons (Fsp3) is 0.353. The summed E-state index contributed by atoms with van der Waals surface area (Å²) >= 11 is 0. The van der Waals surface area contributed by atoms with Crippen LogP contribution in [0.5, 0.6) is 0 Å². The molecule has 0 heterocycles. The summed E-state index contributed by atoms with van der Waals surface area (Å²) in [6.45, 7) is 2.26. The van der Waals surface area contributed by atoms with E-state index in [2.05, 4.69) is 55.8 Å². The van der Waals surface area contributed by atoms with Crippen LogP contribution in [0.15, 0.2) is 42.5 Å². The molecule has 0 aliphatic heterocycles. The normalized spacial score (nSPS) is 10.9. The van der Waals surface area contributed by atoms with Crippen molar-refractivity contribution in [2.45, 2.75) is 39.0 Å². The molecule has 1 radical (unpaired) electrons. The summed E-state index contributed by atoms with van der Waals surface area (Å²) in [5.74, 6) is 0. The quantitative estimate of drug-likeness (QED) is 0.580. The molecule has 2 aromatic carbocycles. The minimum absolute atomic E-state index is 1.20. The van der Waals surface area contributed by atoms with Gasteiger partial charge in [-0.1, -0.05) is 75.1 Å². The molecule has 0 aliphatic rings. The molecule has 0 bridgehead atoms. The van der Waals surface area contributed by atoms with Gasteiger partial charge < -0.3 is 0 Å². The van der Waals surface area contributed by atoms with E-state index in [1.54, 1.807) is 0 Å². The second-order valence-corrected chi connectivity index (χ2v) is 4.62. The zero-order valence-corrected chi connectivity index (χ0v) is 10.7. The Balaban J connectivity index is 1.98. The van der Waals surface area contributed by atoms with E-state index < -0.39 is 0 Å². The van der Waals surface area contributed by atoms with Gasteiger partial charge in [0.1, 0.15) is 0 Å². The maximum atomic E-state index is 2.39. The van der Waals surface area contributed by atoms with Crippen LogP contribution in [0, 0.1) is 6.42 Å². The van der Waals surface area contributed by atoms with Gasteiger partial charge in [0.05, 0.1) is 0 Å². The Morgan fingerprint density at radius 3 is 2.59 bits per heavy atom. The van der Waals surface area contributed by atoms with Crippen LogP contribution in [0.25, 0.3) is 10.8 Å². The highest BCUT2D eigenvalue weighted by atomic mass is 14.0. The number of unbranched alkanes of at least 4 members (excludes halogenated alkanes) is 4. The van der Waals surface area contributed by atoms with Crippen molar-refractivity contribution in [2.75, 3.05) is 0 Å². The van der Waals surface area contributed by atoms with E-state index >= 15 is 0 Å². The second-order valence-electron chi connectivity index (χ2n) is 4.62. The lowest BCUT2D eigenvalue weighted by atomic mass is 9.99. The number of benzene rings is 2. The molecule has 0 heteroatoms. The van der Waals surface area contributed by atoms with Crippen molar-refractivity contribution in [3.05, 3.63) is 54.4 Å². The third-order valence-corrected chi connectivity index (χ3v) is 3.25. The molecule has 0 spiro atoms. The molecule has 0 saturated carbocycles. The van der Waals surface area contributed by atoms with E-state index in [0.29, 0.717) is 0 Å². The Morgan fingerprint density at radius 2 is 1.71 bits per heavy atom. The van der Waals surface area contributed by atoms with E-state index in [4.69, 9.17) is 0 Å². The summed E-state index contributed by atoms with van der Waals surface area (Å²) < 4.78 is 0. The van der Waals surface area contributed by atoms with Crippen LogP contribution in [0.2, 0.25) is 0 Å². The first-order valence-corrected chi connectivity index (χ1v) is 6.73. The third-order valence-electron chi connectivity index (χ3n) is 3.25. The van der Waals surface area contributed by atoms with Crippen LogP contribution < -0.4 is 0 Å². The molecule has 0 nitrogen and oxygen atoms in total. The van der Waals surface area contributed by atoms with Crippen LogP contribution in [-0.2, 0) is 0 Å². The second kappa shape index (κ2) is 6.44. The fourth-order valence-electron chi connectivity index (χ4n) is 2.26. The lowest BCUT2D eigenvalue weighted by Crippen LogP contribution is -1.85. The zero-order chi connectivity index (χ0) is 11.9. The van der Waals surface area contributed by atoms with Gasteiger partial charge >= 0.3 is 0 Å². The Labute approximate surface area is 105 Å². The van der Waals surface area contributed by atoms with Gasteiger partial charge in [-0.05, 0) is 29.2 Å². The molecular formula is C17H21. The lowest BCUT2D eigenvalue weighted by molar-refractivity contribution is 0.665. The Morgan fingerprint density at radius 1 is 0.882 bits per heavy atom. The smallest absolute Gasteiger partial charge is 0.00867 e. The summed E-state index contributed by atoms with van der Waals surface area (Å²) in [7, 11) is 0. The number of rotatable bonds is 6. The van der Waals surface area contributed by atoms with Gasteiger partial charge in [-0.15, -0.1) is 0 Å². The van der Waals surface area contributed by atoms with Gasteiger partial charge in [-0.3, -0.25) is 0 Å². The van der Waals surface area contributed by atoms with Crippen molar-refractivity contribution < 1.29 is 0 Å². The van der Waals surface area contributed by atoms with Crippen LogP contribution in [-0.4, -0.2) is 0 Å². The van der Waals surface area contributed by atoms with Gasteiger partial charge in [0.2, 0.25) is 0 Å². The van der Waals surface area contributed by atoms with Gasteiger partial charge in [0.25, 0.3) is 0 Å². The minimum atomic E-state index is 1.20. The molecule has 0 atom stereocenters. The monoisotopic (exact) mass is 225 g/mol. The molecule has 0 aromatic heterocycles. The summed E-state index contributed by atoms with van der Waals surface area (Å²) in [6.07, 6.45) is 8.94. The van der Waals surface area contributed by atoms with Crippen LogP contribution in [0.4, 0.5) is 0 Å². The summed E-state index contributed by atoms with van der Waals surface area (Å²) in [6, 6.07) is 15.2. The largest absolute Gasteiger partial charge is 0.0654 e. The lowest BCUT2D eigenvalue weighted by Gasteiger charge is -2.06. The summed E-state index contributed by atoms with van der Waals surface area (Å²) in [5.41, 5.74) is 1.39. The van der Waals surface area contributed by atoms with E-state index in [-0.39, 0.29) is 0 Å². The Hall–Kier alpha value is -1.30. The van der Waals surface area contributed by atoms with Crippen LogP contribution in [0.3, 0.4) is 0 Å². The highest BCUT2D eigenvalue weighted by molar-refractivity contribution is 5.86. The summed E-state index contributed by atoms with van der Waals surface area (Å²) in [5, 5.41) is 2.72.